The zero-order valence-corrected chi connectivity index (χ0v) is 17.6. The van der Waals surface area contributed by atoms with E-state index in [1.54, 1.807) is 24.3 Å². The highest BCUT2D eigenvalue weighted by molar-refractivity contribution is 7.99. The summed E-state index contributed by atoms with van der Waals surface area (Å²) in [5.41, 5.74) is 2.40. The van der Waals surface area contributed by atoms with Crippen LogP contribution in [-0.2, 0) is 11.2 Å². The summed E-state index contributed by atoms with van der Waals surface area (Å²) < 4.78 is 1.41. The van der Waals surface area contributed by atoms with Crippen molar-refractivity contribution in [2.24, 2.45) is 0 Å². The number of amides is 1. The van der Waals surface area contributed by atoms with Gasteiger partial charge in [0.1, 0.15) is 5.39 Å². The van der Waals surface area contributed by atoms with E-state index in [9.17, 15) is 9.59 Å². The zero-order chi connectivity index (χ0) is 21.1. The molecule has 0 saturated heterocycles. The lowest BCUT2D eigenvalue weighted by molar-refractivity contribution is -0.113. The predicted molar refractivity (Wildman–Crippen MR) is 120 cm³/mol. The lowest BCUT2D eigenvalue weighted by Gasteiger charge is -2.13. The molecular weight excluding hydrogens is 422 g/mol. The zero-order valence-electron chi connectivity index (χ0n) is 16.1. The molecule has 0 aliphatic heterocycles. The van der Waals surface area contributed by atoms with Crippen LogP contribution in [0.15, 0.2) is 64.7 Å². The van der Waals surface area contributed by atoms with E-state index in [1.165, 1.54) is 10.8 Å². The maximum atomic E-state index is 13.1. The van der Waals surface area contributed by atoms with Gasteiger partial charge in [-0.15, -0.1) is 0 Å². The van der Waals surface area contributed by atoms with Crippen LogP contribution in [0, 0.1) is 0 Å². The van der Waals surface area contributed by atoms with Gasteiger partial charge in [-0.1, -0.05) is 60.6 Å². The smallest absolute Gasteiger partial charge is 0.269 e. The van der Waals surface area contributed by atoms with Crippen LogP contribution in [0.4, 0.5) is 5.69 Å². The summed E-state index contributed by atoms with van der Waals surface area (Å²) in [6.07, 6.45) is 2.24. The molecule has 30 heavy (non-hydrogen) atoms. The van der Waals surface area contributed by atoms with Crippen LogP contribution in [0.1, 0.15) is 12.5 Å². The molecule has 0 atom stereocenters. The van der Waals surface area contributed by atoms with Crippen LogP contribution in [0.5, 0.6) is 0 Å². The Bertz CT molecular complexity index is 1280. The fraction of sp³-hybridized carbons (Fsp3) is 0.143. The first kappa shape index (κ1) is 20.2. The van der Waals surface area contributed by atoms with Crippen LogP contribution in [0.2, 0.25) is 5.02 Å². The fourth-order valence-electron chi connectivity index (χ4n) is 3.08. The number of thioether (sulfide) groups is 1. The Labute approximate surface area is 181 Å². The molecule has 2 heterocycles. The summed E-state index contributed by atoms with van der Waals surface area (Å²) in [6.45, 7) is 2.03. The summed E-state index contributed by atoms with van der Waals surface area (Å²) >= 11 is 7.49. The van der Waals surface area contributed by atoms with E-state index in [-0.39, 0.29) is 17.2 Å². The molecule has 2 aromatic carbocycles. The maximum absolute atomic E-state index is 13.1. The van der Waals surface area contributed by atoms with Crippen molar-refractivity contribution in [3.05, 3.63) is 75.7 Å². The lowest BCUT2D eigenvalue weighted by atomic mass is 10.1. The van der Waals surface area contributed by atoms with Crippen molar-refractivity contribution in [2.45, 2.75) is 18.5 Å². The van der Waals surface area contributed by atoms with Gasteiger partial charge in [0, 0.05) is 5.69 Å². The first-order valence-corrected chi connectivity index (χ1v) is 10.7. The Morgan fingerprint density at radius 2 is 1.97 bits per heavy atom. The second-order valence-electron chi connectivity index (χ2n) is 6.47. The Morgan fingerprint density at radius 3 is 2.77 bits per heavy atom. The summed E-state index contributed by atoms with van der Waals surface area (Å²) in [7, 11) is 0. The van der Waals surface area contributed by atoms with E-state index in [0.717, 1.165) is 29.4 Å². The van der Waals surface area contributed by atoms with Gasteiger partial charge in [-0.3, -0.25) is 19.3 Å². The number of rotatable bonds is 6. The minimum absolute atomic E-state index is 0.0780. The molecule has 152 valence electrons. The second kappa shape index (κ2) is 8.73. The van der Waals surface area contributed by atoms with E-state index >= 15 is 0 Å². The number of aromatic nitrogens is 4. The predicted octanol–water partition coefficient (Wildman–Crippen LogP) is 4.06. The van der Waals surface area contributed by atoms with Crippen LogP contribution >= 0.6 is 23.4 Å². The van der Waals surface area contributed by atoms with Gasteiger partial charge < -0.3 is 5.32 Å². The normalized spacial score (nSPS) is 11.0. The van der Waals surface area contributed by atoms with Crippen molar-refractivity contribution in [1.82, 2.24) is 19.7 Å². The largest absolute Gasteiger partial charge is 0.325 e. The average Bonchev–Trinajstić information content (AvgIpc) is 3.23. The van der Waals surface area contributed by atoms with Crippen LogP contribution in [-0.4, -0.2) is 31.4 Å². The summed E-state index contributed by atoms with van der Waals surface area (Å²) in [5, 5.41) is 10.7. The molecule has 0 fully saturated rings. The molecule has 0 spiro atoms. The number of anilines is 1. The molecule has 7 nitrogen and oxygen atoms in total. The van der Waals surface area contributed by atoms with Crippen molar-refractivity contribution >= 4 is 46.0 Å². The first-order valence-electron chi connectivity index (χ1n) is 9.30. The number of nitrogens with zero attached hydrogens (tertiary/aromatic N) is 3. The van der Waals surface area contributed by atoms with Gasteiger partial charge in [-0.25, -0.2) is 4.98 Å². The third-order valence-corrected chi connectivity index (χ3v) is 5.81. The highest BCUT2D eigenvalue weighted by Gasteiger charge is 2.17. The third-order valence-electron chi connectivity index (χ3n) is 4.55. The van der Waals surface area contributed by atoms with E-state index in [0.29, 0.717) is 26.9 Å². The monoisotopic (exact) mass is 439 g/mol. The van der Waals surface area contributed by atoms with Crippen LogP contribution in [0.3, 0.4) is 0 Å². The Hall–Kier alpha value is -3.10. The Kier molecular flexibility index (Phi) is 5.87. The van der Waals surface area contributed by atoms with Crippen molar-refractivity contribution in [3.63, 3.8) is 0 Å². The Balaban J connectivity index is 1.65. The molecule has 0 saturated carbocycles. The van der Waals surface area contributed by atoms with E-state index in [4.69, 9.17) is 11.6 Å². The topological polar surface area (TPSA) is 92.7 Å². The van der Waals surface area contributed by atoms with Gasteiger partial charge in [-0.05, 0) is 30.2 Å². The number of H-pyrrole nitrogens is 1. The fourth-order valence-corrected chi connectivity index (χ4v) is 4.10. The average molecular weight is 440 g/mol. The number of hydrogen-bond acceptors (Lipinski definition) is 5. The van der Waals surface area contributed by atoms with Gasteiger partial charge in [0.2, 0.25) is 5.91 Å². The molecule has 0 radical (unpaired) electrons. The molecule has 9 heteroatoms. The van der Waals surface area contributed by atoms with Crippen molar-refractivity contribution in [1.29, 1.82) is 0 Å². The quantitative estimate of drug-likeness (QED) is 0.349. The number of aromatic amines is 1. The number of hydrogen-bond donors (Lipinski definition) is 2. The van der Waals surface area contributed by atoms with Gasteiger partial charge in [0.05, 0.1) is 22.7 Å². The molecule has 0 aliphatic rings. The van der Waals surface area contributed by atoms with Gasteiger partial charge in [-0.2, -0.15) is 5.10 Å². The molecule has 2 aromatic heterocycles. The summed E-state index contributed by atoms with van der Waals surface area (Å²) in [5.74, 6) is -0.111. The van der Waals surface area contributed by atoms with E-state index in [2.05, 4.69) is 20.5 Å². The van der Waals surface area contributed by atoms with Gasteiger partial charge >= 0.3 is 0 Å². The van der Waals surface area contributed by atoms with Gasteiger partial charge in [0.15, 0.2) is 10.8 Å². The van der Waals surface area contributed by atoms with Gasteiger partial charge in [0.25, 0.3) is 5.56 Å². The number of carbonyl (C=O) groups is 1. The lowest BCUT2D eigenvalue weighted by Crippen LogP contribution is -2.23. The second-order valence-corrected chi connectivity index (χ2v) is 7.82. The number of benzene rings is 2. The molecule has 2 N–H and O–H groups in total. The van der Waals surface area contributed by atoms with Crippen LogP contribution in [0.25, 0.3) is 16.7 Å². The number of fused-ring (bicyclic) bond motifs is 1. The maximum Gasteiger partial charge on any atom is 0.269 e. The molecule has 0 bridgehead atoms. The number of nitrogens with one attached hydrogen (secondary N) is 2. The summed E-state index contributed by atoms with van der Waals surface area (Å²) in [6, 6.07) is 14.7. The minimum Gasteiger partial charge on any atom is -0.325 e. The van der Waals surface area contributed by atoms with E-state index < -0.39 is 0 Å². The van der Waals surface area contributed by atoms with Crippen molar-refractivity contribution < 1.29 is 4.79 Å². The molecule has 1 amide bonds. The highest BCUT2D eigenvalue weighted by atomic mass is 35.5. The number of para-hydroxylation sites is 2. The van der Waals surface area contributed by atoms with Crippen LogP contribution < -0.4 is 10.9 Å². The highest BCUT2D eigenvalue weighted by Crippen LogP contribution is 2.25. The van der Waals surface area contributed by atoms with Crippen molar-refractivity contribution in [2.75, 3.05) is 11.1 Å². The molecule has 0 unspecified atom stereocenters. The Morgan fingerprint density at radius 1 is 1.20 bits per heavy atom. The number of carbonyl (C=O) groups excluding carboxylic acids is 1. The molecular formula is C21H18ClN5O2S. The molecule has 4 rings (SSSR count). The van der Waals surface area contributed by atoms with Crippen molar-refractivity contribution in [3.8, 4) is 5.69 Å². The number of halogens is 1. The minimum atomic E-state index is -0.305. The number of aryl methyl sites for hydroxylation is 1. The first-order chi connectivity index (χ1) is 14.6. The van der Waals surface area contributed by atoms with E-state index in [1.807, 2.05) is 31.2 Å². The third kappa shape index (κ3) is 3.96. The standard InChI is InChI=1S/C21H18ClN5O2S/c1-2-13-7-3-5-9-16(13)24-18(28)12-30-21-25-19-14(11-23-26-19)20(29)27(21)17-10-6-4-8-15(17)22/h3-11H,2,12H2,1H3,(H,23,26)(H,24,28). The molecule has 4 aromatic rings. The molecule has 0 aliphatic carbocycles. The SMILES string of the molecule is CCc1ccccc1NC(=O)CSc1nc2[nH]ncc2c(=O)n1-c1ccccc1Cl. The summed E-state index contributed by atoms with van der Waals surface area (Å²) in [4.78, 5) is 30.1.